The van der Waals surface area contributed by atoms with Crippen LogP contribution < -0.4 is 0 Å². The number of hydrogen-bond acceptors (Lipinski definition) is 6. The molecule has 0 atom stereocenters. The molecule has 1 fully saturated rings. The van der Waals surface area contributed by atoms with E-state index in [2.05, 4.69) is 37.3 Å². The van der Waals surface area contributed by atoms with Crippen LogP contribution in [0.15, 0.2) is 65.4 Å². The van der Waals surface area contributed by atoms with Gasteiger partial charge in [0.1, 0.15) is 5.01 Å². The third-order valence-corrected chi connectivity index (χ3v) is 6.35. The maximum absolute atomic E-state index is 4.78. The summed E-state index contributed by atoms with van der Waals surface area (Å²) in [4.78, 5) is 8.88. The summed E-state index contributed by atoms with van der Waals surface area (Å²) in [6.07, 6.45) is 5.99. The smallest absolute Gasteiger partial charge is 0.192 e. The highest BCUT2D eigenvalue weighted by molar-refractivity contribution is 7.98. The van der Waals surface area contributed by atoms with Crippen molar-refractivity contribution in [3.63, 3.8) is 0 Å². The van der Waals surface area contributed by atoms with E-state index in [-0.39, 0.29) is 0 Å². The molecule has 5 nitrogen and oxygen atoms in total. The molecule has 3 heterocycles. The molecule has 4 aromatic rings. The summed E-state index contributed by atoms with van der Waals surface area (Å²) in [5, 5.41) is 13.1. The number of nitrogens with zero attached hydrogens (tertiary/aromatic N) is 5. The third kappa shape index (κ3) is 3.52. The molecule has 7 heteroatoms. The monoisotopic (exact) mass is 391 g/mol. The first-order valence-electron chi connectivity index (χ1n) is 8.86. The largest absolute Gasteiger partial charge is 0.299 e. The van der Waals surface area contributed by atoms with Gasteiger partial charge in [-0.15, -0.1) is 21.5 Å². The molecule has 0 N–H and O–H groups in total. The van der Waals surface area contributed by atoms with Gasteiger partial charge in [-0.1, -0.05) is 42.1 Å². The van der Waals surface area contributed by atoms with E-state index < -0.39 is 0 Å². The summed E-state index contributed by atoms with van der Waals surface area (Å²) in [7, 11) is 0. The minimum absolute atomic E-state index is 0.515. The molecule has 1 aromatic carbocycles. The molecule has 134 valence electrons. The lowest BCUT2D eigenvalue weighted by Gasteiger charge is -2.08. The standard InChI is InChI=1S/C20H17N5S2/c1-2-4-15(5-3-1)19-22-16(12-26-19)13-27-20-24-23-18(25(20)17-6-7-17)14-8-10-21-11-9-14/h1-5,8-12,17H,6-7,13H2. The number of hydrogen-bond donors (Lipinski definition) is 0. The molecule has 0 amide bonds. The van der Waals surface area contributed by atoms with Crippen LogP contribution in [0.3, 0.4) is 0 Å². The van der Waals surface area contributed by atoms with E-state index in [1.54, 1.807) is 35.5 Å². The average molecular weight is 392 g/mol. The number of benzene rings is 1. The minimum Gasteiger partial charge on any atom is -0.299 e. The van der Waals surface area contributed by atoms with Crippen molar-refractivity contribution in [2.45, 2.75) is 29.8 Å². The Labute approximate surface area is 165 Å². The zero-order valence-corrected chi connectivity index (χ0v) is 16.2. The van der Waals surface area contributed by atoms with Crippen LogP contribution in [0.25, 0.3) is 22.0 Å². The minimum atomic E-state index is 0.515. The molecule has 0 saturated heterocycles. The topological polar surface area (TPSA) is 56.5 Å². The average Bonchev–Trinajstić information content (AvgIpc) is 3.30. The van der Waals surface area contributed by atoms with E-state index in [0.717, 1.165) is 33.0 Å². The van der Waals surface area contributed by atoms with Crippen LogP contribution in [-0.4, -0.2) is 24.7 Å². The Balaban J connectivity index is 1.36. The van der Waals surface area contributed by atoms with E-state index >= 15 is 0 Å². The first-order chi connectivity index (χ1) is 13.4. The molecule has 3 aromatic heterocycles. The second-order valence-electron chi connectivity index (χ2n) is 6.44. The summed E-state index contributed by atoms with van der Waals surface area (Å²) in [6.45, 7) is 0. The Bertz CT molecular complexity index is 1040. The van der Waals surface area contributed by atoms with Gasteiger partial charge in [0.15, 0.2) is 11.0 Å². The Morgan fingerprint density at radius 3 is 2.59 bits per heavy atom. The predicted octanol–water partition coefficient (Wildman–Crippen LogP) is 5.09. The van der Waals surface area contributed by atoms with Gasteiger partial charge in [-0.25, -0.2) is 4.98 Å². The number of pyridine rings is 1. The summed E-state index contributed by atoms with van der Waals surface area (Å²) in [5.74, 6) is 1.73. The quantitative estimate of drug-likeness (QED) is 0.429. The number of thioether (sulfide) groups is 1. The Morgan fingerprint density at radius 2 is 1.81 bits per heavy atom. The maximum atomic E-state index is 4.78. The molecule has 1 saturated carbocycles. The van der Waals surface area contributed by atoms with Gasteiger partial charge < -0.3 is 0 Å². The van der Waals surface area contributed by atoms with Crippen LogP contribution in [0.5, 0.6) is 0 Å². The van der Waals surface area contributed by atoms with E-state index in [9.17, 15) is 0 Å². The van der Waals surface area contributed by atoms with E-state index in [0.29, 0.717) is 6.04 Å². The highest BCUT2D eigenvalue weighted by Gasteiger charge is 2.30. The normalized spacial score (nSPS) is 13.8. The van der Waals surface area contributed by atoms with Crippen molar-refractivity contribution >= 4 is 23.1 Å². The van der Waals surface area contributed by atoms with E-state index in [4.69, 9.17) is 4.98 Å². The van der Waals surface area contributed by atoms with Gasteiger partial charge in [-0.3, -0.25) is 9.55 Å². The van der Waals surface area contributed by atoms with Crippen molar-refractivity contribution in [1.29, 1.82) is 0 Å². The second kappa shape index (κ2) is 7.25. The highest BCUT2D eigenvalue weighted by atomic mass is 32.2. The molecule has 0 aliphatic heterocycles. The molecule has 0 radical (unpaired) electrons. The van der Waals surface area contributed by atoms with Crippen LogP contribution in [0.4, 0.5) is 0 Å². The molecule has 5 rings (SSSR count). The van der Waals surface area contributed by atoms with E-state index in [1.165, 1.54) is 18.4 Å². The fourth-order valence-electron chi connectivity index (χ4n) is 2.96. The van der Waals surface area contributed by atoms with Crippen LogP contribution in [0.1, 0.15) is 24.6 Å². The van der Waals surface area contributed by atoms with Gasteiger partial charge in [-0.05, 0) is 25.0 Å². The van der Waals surface area contributed by atoms with Crippen molar-refractivity contribution in [2.24, 2.45) is 0 Å². The lowest BCUT2D eigenvalue weighted by atomic mass is 10.2. The summed E-state index contributed by atoms with van der Waals surface area (Å²) >= 11 is 3.40. The molecule has 0 unspecified atom stereocenters. The lowest BCUT2D eigenvalue weighted by Crippen LogP contribution is -2.00. The fraction of sp³-hybridized carbons (Fsp3) is 0.200. The van der Waals surface area contributed by atoms with Crippen LogP contribution in [0.2, 0.25) is 0 Å². The van der Waals surface area contributed by atoms with Gasteiger partial charge >= 0.3 is 0 Å². The molecule has 0 bridgehead atoms. The second-order valence-corrected chi connectivity index (χ2v) is 8.24. The molecule has 27 heavy (non-hydrogen) atoms. The molecule has 0 spiro atoms. The summed E-state index contributed by atoms with van der Waals surface area (Å²) in [5.41, 5.74) is 3.32. The van der Waals surface area contributed by atoms with Crippen molar-refractivity contribution < 1.29 is 0 Å². The zero-order valence-electron chi connectivity index (χ0n) is 14.5. The third-order valence-electron chi connectivity index (χ3n) is 4.44. The van der Waals surface area contributed by atoms with Crippen LogP contribution >= 0.6 is 23.1 Å². The fourth-order valence-corrected chi connectivity index (χ4v) is 4.79. The van der Waals surface area contributed by atoms with Gasteiger partial charge in [0.05, 0.1) is 5.69 Å². The Hall–Kier alpha value is -2.51. The van der Waals surface area contributed by atoms with E-state index in [1.807, 2.05) is 30.3 Å². The SMILES string of the molecule is c1ccc(-c2nc(CSc3nnc(-c4ccncc4)n3C3CC3)cs2)cc1. The molecule has 1 aliphatic rings. The van der Waals surface area contributed by atoms with Gasteiger partial charge in [0.2, 0.25) is 0 Å². The van der Waals surface area contributed by atoms with Crippen molar-refractivity contribution in [2.75, 3.05) is 0 Å². The first-order valence-corrected chi connectivity index (χ1v) is 10.7. The summed E-state index contributed by atoms with van der Waals surface area (Å²) in [6, 6.07) is 14.8. The summed E-state index contributed by atoms with van der Waals surface area (Å²) < 4.78 is 2.28. The Morgan fingerprint density at radius 1 is 1.00 bits per heavy atom. The Kier molecular flexibility index (Phi) is 4.47. The first kappa shape index (κ1) is 16.6. The van der Waals surface area contributed by atoms with Crippen molar-refractivity contribution in [3.8, 4) is 22.0 Å². The van der Waals surface area contributed by atoms with Gasteiger partial charge in [0, 0.05) is 40.7 Å². The zero-order chi connectivity index (χ0) is 18.1. The maximum Gasteiger partial charge on any atom is 0.192 e. The molecular formula is C20H17N5S2. The number of rotatable bonds is 6. The van der Waals surface area contributed by atoms with Crippen LogP contribution in [0, 0.1) is 0 Å². The predicted molar refractivity (Wildman–Crippen MR) is 109 cm³/mol. The van der Waals surface area contributed by atoms with Crippen molar-refractivity contribution in [3.05, 3.63) is 65.9 Å². The van der Waals surface area contributed by atoms with Gasteiger partial charge in [-0.2, -0.15) is 0 Å². The highest BCUT2D eigenvalue weighted by Crippen LogP contribution is 2.41. The number of thiazole rings is 1. The lowest BCUT2D eigenvalue weighted by molar-refractivity contribution is 0.669. The van der Waals surface area contributed by atoms with Crippen LogP contribution in [-0.2, 0) is 5.75 Å². The molecular weight excluding hydrogens is 374 g/mol. The molecule has 1 aliphatic carbocycles. The number of aromatic nitrogens is 5. The van der Waals surface area contributed by atoms with Gasteiger partial charge in [0.25, 0.3) is 0 Å². The van der Waals surface area contributed by atoms with Crippen molar-refractivity contribution in [1.82, 2.24) is 24.7 Å².